The molecule has 1 N–H and O–H groups in total. The number of carbonyl (C=O) groups is 1. The first-order chi connectivity index (χ1) is 9.75. The van der Waals surface area contributed by atoms with Crippen molar-refractivity contribution in [1.82, 2.24) is 10.2 Å². The fourth-order valence-electron chi connectivity index (χ4n) is 4.39. The summed E-state index contributed by atoms with van der Waals surface area (Å²) in [7, 11) is 0. The molecule has 21 heavy (non-hydrogen) atoms. The smallest absolute Gasteiger partial charge is 0.223 e. The van der Waals surface area contributed by atoms with Crippen LogP contribution >= 0.6 is 12.4 Å². The van der Waals surface area contributed by atoms with Crippen LogP contribution in [0, 0.1) is 17.8 Å². The number of amides is 1. The molecule has 2 aliphatic heterocycles. The van der Waals surface area contributed by atoms with E-state index in [1.165, 1.54) is 44.9 Å². The summed E-state index contributed by atoms with van der Waals surface area (Å²) in [5, 5.41) is 3.42. The molecule has 0 aromatic heterocycles. The van der Waals surface area contributed by atoms with Gasteiger partial charge in [-0.2, -0.15) is 0 Å². The average Bonchev–Trinajstić information content (AvgIpc) is 2.86. The molecule has 3 aliphatic rings. The molecule has 0 spiro atoms. The highest BCUT2D eigenvalue weighted by Gasteiger charge is 2.37. The van der Waals surface area contributed by atoms with Crippen molar-refractivity contribution >= 4 is 18.3 Å². The van der Waals surface area contributed by atoms with Crippen LogP contribution in [0.5, 0.6) is 0 Å². The maximum absolute atomic E-state index is 12.7. The minimum Gasteiger partial charge on any atom is -0.339 e. The number of rotatable bonds is 4. The Morgan fingerprint density at radius 1 is 1.14 bits per heavy atom. The summed E-state index contributed by atoms with van der Waals surface area (Å²) in [5.74, 6) is 2.60. The number of piperidine rings is 1. The van der Waals surface area contributed by atoms with Gasteiger partial charge in [0.2, 0.25) is 5.91 Å². The summed E-state index contributed by atoms with van der Waals surface area (Å²) in [6, 6.07) is 0.594. The molecular formula is C17H31ClN2O. The van der Waals surface area contributed by atoms with E-state index in [0.717, 1.165) is 37.9 Å². The predicted molar refractivity (Wildman–Crippen MR) is 88.7 cm³/mol. The second-order valence-corrected chi connectivity index (χ2v) is 7.26. The zero-order chi connectivity index (χ0) is 13.9. The van der Waals surface area contributed by atoms with Gasteiger partial charge in [-0.1, -0.05) is 13.3 Å². The van der Waals surface area contributed by atoms with Crippen LogP contribution in [0.1, 0.15) is 58.3 Å². The van der Waals surface area contributed by atoms with Crippen molar-refractivity contribution in [2.45, 2.75) is 64.3 Å². The highest BCUT2D eigenvalue weighted by Crippen LogP contribution is 2.38. The van der Waals surface area contributed by atoms with Crippen molar-refractivity contribution in [3.05, 3.63) is 0 Å². The Bertz CT molecular complexity index is 340. The molecule has 4 heteroatoms. The Hall–Kier alpha value is -0.280. The molecule has 0 aromatic rings. The number of nitrogens with zero attached hydrogens (tertiary/aromatic N) is 1. The summed E-state index contributed by atoms with van der Waals surface area (Å²) in [6.07, 6.45) is 9.88. The molecule has 2 saturated heterocycles. The number of hydrogen-bond acceptors (Lipinski definition) is 2. The van der Waals surface area contributed by atoms with Gasteiger partial charge in [0.05, 0.1) is 0 Å². The fraction of sp³-hybridized carbons (Fsp3) is 0.941. The normalized spacial score (nSPS) is 28.8. The van der Waals surface area contributed by atoms with Gasteiger partial charge in [-0.25, -0.2) is 0 Å². The van der Waals surface area contributed by atoms with Crippen molar-refractivity contribution in [3.63, 3.8) is 0 Å². The molecule has 3 fully saturated rings. The summed E-state index contributed by atoms with van der Waals surface area (Å²) in [4.78, 5) is 14.9. The third-order valence-corrected chi connectivity index (χ3v) is 6.00. The summed E-state index contributed by atoms with van der Waals surface area (Å²) >= 11 is 0. The quantitative estimate of drug-likeness (QED) is 0.864. The van der Waals surface area contributed by atoms with Crippen LogP contribution in [0.3, 0.4) is 0 Å². The molecule has 1 saturated carbocycles. The zero-order valence-corrected chi connectivity index (χ0v) is 14.2. The monoisotopic (exact) mass is 314 g/mol. The Balaban J connectivity index is 0.00000161. The lowest BCUT2D eigenvalue weighted by Gasteiger charge is -2.38. The molecule has 3 nitrogen and oxygen atoms in total. The number of likely N-dealkylation sites (tertiary alicyclic amines) is 1. The second kappa shape index (κ2) is 7.82. The second-order valence-electron chi connectivity index (χ2n) is 7.26. The van der Waals surface area contributed by atoms with Gasteiger partial charge in [-0.05, 0) is 69.4 Å². The SMILES string of the molecule is CC(CC(=O)N1CCCC1C1CCC1)C1CCNCC1.Cl. The van der Waals surface area contributed by atoms with Gasteiger partial charge in [0.15, 0.2) is 0 Å². The molecule has 1 amide bonds. The summed E-state index contributed by atoms with van der Waals surface area (Å²) < 4.78 is 0. The van der Waals surface area contributed by atoms with Gasteiger partial charge >= 0.3 is 0 Å². The Morgan fingerprint density at radius 2 is 1.86 bits per heavy atom. The maximum Gasteiger partial charge on any atom is 0.223 e. The predicted octanol–water partition coefficient (Wildman–Crippen LogP) is 3.23. The van der Waals surface area contributed by atoms with Crippen LogP contribution in [-0.4, -0.2) is 36.5 Å². The molecular weight excluding hydrogens is 284 g/mol. The van der Waals surface area contributed by atoms with Crippen molar-refractivity contribution < 1.29 is 4.79 Å². The van der Waals surface area contributed by atoms with E-state index in [1.807, 2.05) is 0 Å². The largest absolute Gasteiger partial charge is 0.339 e. The molecule has 2 heterocycles. The lowest BCUT2D eigenvalue weighted by molar-refractivity contribution is -0.135. The average molecular weight is 315 g/mol. The van der Waals surface area contributed by atoms with E-state index < -0.39 is 0 Å². The van der Waals surface area contributed by atoms with Gasteiger partial charge in [0.1, 0.15) is 0 Å². The van der Waals surface area contributed by atoms with Crippen LogP contribution in [0.15, 0.2) is 0 Å². The topological polar surface area (TPSA) is 32.3 Å². The highest BCUT2D eigenvalue weighted by atomic mass is 35.5. The summed E-state index contributed by atoms with van der Waals surface area (Å²) in [5.41, 5.74) is 0. The molecule has 3 rings (SSSR count). The highest BCUT2D eigenvalue weighted by molar-refractivity contribution is 5.85. The van der Waals surface area contributed by atoms with Crippen LogP contribution in [0.2, 0.25) is 0 Å². The van der Waals surface area contributed by atoms with Crippen molar-refractivity contribution in [2.24, 2.45) is 17.8 Å². The number of nitrogens with one attached hydrogen (secondary N) is 1. The van der Waals surface area contributed by atoms with Crippen LogP contribution in [0.4, 0.5) is 0 Å². The van der Waals surface area contributed by atoms with Gasteiger partial charge in [0, 0.05) is 19.0 Å². The molecule has 122 valence electrons. The van der Waals surface area contributed by atoms with E-state index in [-0.39, 0.29) is 12.4 Å². The molecule has 2 atom stereocenters. The van der Waals surface area contributed by atoms with E-state index >= 15 is 0 Å². The first kappa shape index (κ1) is 17.1. The number of carbonyl (C=O) groups excluding carboxylic acids is 1. The molecule has 1 aliphatic carbocycles. The van der Waals surface area contributed by atoms with Crippen LogP contribution in [-0.2, 0) is 4.79 Å². The number of halogens is 1. The van der Waals surface area contributed by atoms with Crippen molar-refractivity contribution in [1.29, 1.82) is 0 Å². The van der Waals surface area contributed by atoms with Crippen LogP contribution in [0.25, 0.3) is 0 Å². The van der Waals surface area contributed by atoms with Crippen LogP contribution < -0.4 is 5.32 Å². The third-order valence-electron chi connectivity index (χ3n) is 6.00. The van der Waals surface area contributed by atoms with E-state index in [2.05, 4.69) is 17.1 Å². The fourth-order valence-corrected chi connectivity index (χ4v) is 4.39. The van der Waals surface area contributed by atoms with Gasteiger partial charge < -0.3 is 10.2 Å². The first-order valence-corrected chi connectivity index (χ1v) is 8.76. The Kier molecular flexibility index (Phi) is 6.36. The molecule has 0 radical (unpaired) electrons. The van der Waals surface area contributed by atoms with Gasteiger partial charge in [0.25, 0.3) is 0 Å². The van der Waals surface area contributed by atoms with E-state index in [1.54, 1.807) is 0 Å². The minimum absolute atomic E-state index is 0. The maximum atomic E-state index is 12.7. The molecule has 2 unspecified atom stereocenters. The summed E-state index contributed by atoms with van der Waals surface area (Å²) in [6.45, 7) is 5.59. The first-order valence-electron chi connectivity index (χ1n) is 8.76. The van der Waals surface area contributed by atoms with Crippen molar-refractivity contribution in [2.75, 3.05) is 19.6 Å². The lowest BCUT2D eigenvalue weighted by atomic mass is 9.78. The Morgan fingerprint density at radius 3 is 2.48 bits per heavy atom. The van der Waals surface area contributed by atoms with Gasteiger partial charge in [-0.15, -0.1) is 12.4 Å². The zero-order valence-electron chi connectivity index (χ0n) is 13.4. The van der Waals surface area contributed by atoms with Crippen molar-refractivity contribution in [3.8, 4) is 0 Å². The molecule has 0 aromatic carbocycles. The van der Waals surface area contributed by atoms with E-state index in [4.69, 9.17) is 0 Å². The van der Waals surface area contributed by atoms with E-state index in [9.17, 15) is 4.79 Å². The molecule has 0 bridgehead atoms. The Labute approximate surface area is 135 Å². The third kappa shape index (κ3) is 3.92. The lowest BCUT2D eigenvalue weighted by Crippen LogP contribution is -2.43. The van der Waals surface area contributed by atoms with E-state index in [0.29, 0.717) is 17.9 Å². The minimum atomic E-state index is 0. The number of hydrogen-bond donors (Lipinski definition) is 1. The standard InChI is InChI=1S/C17H30N2O.ClH/c1-13(14-7-9-18-10-8-14)12-17(20)19-11-3-6-16(19)15-4-2-5-15;/h13-16,18H,2-12H2,1H3;1H. The van der Waals surface area contributed by atoms with Gasteiger partial charge in [-0.3, -0.25) is 4.79 Å².